The SMILES string of the molecule is O=C(c1cc2ccccc2oc1=O)N1CC=C(c2c[nH]c3cc(F)ccc23)CC1. The van der Waals surface area contributed by atoms with Gasteiger partial charge in [0.15, 0.2) is 0 Å². The lowest BCUT2D eigenvalue weighted by Crippen LogP contribution is -2.37. The summed E-state index contributed by atoms with van der Waals surface area (Å²) in [6.45, 7) is 0.888. The molecule has 1 amide bonds. The number of benzene rings is 2. The lowest BCUT2D eigenvalue weighted by atomic mass is 9.98. The van der Waals surface area contributed by atoms with Gasteiger partial charge in [-0.05, 0) is 42.3 Å². The van der Waals surface area contributed by atoms with E-state index in [0.29, 0.717) is 25.1 Å². The molecular formula is C23H17FN2O3. The number of aromatic amines is 1. The summed E-state index contributed by atoms with van der Waals surface area (Å²) in [5.74, 6) is -0.615. The molecule has 0 radical (unpaired) electrons. The Morgan fingerprint density at radius 1 is 1.14 bits per heavy atom. The second-order valence-electron chi connectivity index (χ2n) is 7.11. The van der Waals surface area contributed by atoms with Crippen LogP contribution >= 0.6 is 0 Å². The zero-order chi connectivity index (χ0) is 20.0. The lowest BCUT2D eigenvalue weighted by Gasteiger charge is -2.26. The van der Waals surface area contributed by atoms with E-state index in [2.05, 4.69) is 4.98 Å². The van der Waals surface area contributed by atoms with Crippen LogP contribution in [0.5, 0.6) is 0 Å². The van der Waals surface area contributed by atoms with Crippen LogP contribution in [-0.2, 0) is 0 Å². The number of carbonyl (C=O) groups excluding carboxylic acids is 1. The number of rotatable bonds is 2. The van der Waals surface area contributed by atoms with E-state index in [4.69, 9.17) is 4.42 Å². The van der Waals surface area contributed by atoms with Crippen LogP contribution in [-0.4, -0.2) is 28.9 Å². The van der Waals surface area contributed by atoms with E-state index in [9.17, 15) is 14.0 Å². The van der Waals surface area contributed by atoms with E-state index >= 15 is 0 Å². The zero-order valence-electron chi connectivity index (χ0n) is 15.4. The predicted octanol–water partition coefficient (Wildman–Crippen LogP) is 4.34. The van der Waals surface area contributed by atoms with Crippen LogP contribution < -0.4 is 5.63 Å². The lowest BCUT2D eigenvalue weighted by molar-refractivity contribution is 0.0769. The monoisotopic (exact) mass is 388 g/mol. The molecule has 0 spiro atoms. The van der Waals surface area contributed by atoms with E-state index in [0.717, 1.165) is 27.4 Å². The van der Waals surface area contributed by atoms with Crippen molar-refractivity contribution in [3.63, 3.8) is 0 Å². The Kier molecular flexibility index (Phi) is 4.05. The molecule has 0 atom stereocenters. The molecular weight excluding hydrogens is 371 g/mol. The summed E-state index contributed by atoms with van der Waals surface area (Å²) in [6.07, 6.45) is 4.50. The van der Waals surface area contributed by atoms with Gasteiger partial charge in [0.05, 0.1) is 0 Å². The van der Waals surface area contributed by atoms with Gasteiger partial charge in [-0.2, -0.15) is 0 Å². The fourth-order valence-corrected chi connectivity index (χ4v) is 3.84. The number of para-hydroxylation sites is 1. The van der Waals surface area contributed by atoms with Crippen LogP contribution in [0.4, 0.5) is 4.39 Å². The first kappa shape index (κ1) is 17.4. The molecule has 144 valence electrons. The molecule has 2 aromatic heterocycles. The predicted molar refractivity (Wildman–Crippen MR) is 109 cm³/mol. The Hall–Kier alpha value is -3.67. The van der Waals surface area contributed by atoms with Gasteiger partial charge in [-0.1, -0.05) is 24.3 Å². The smallest absolute Gasteiger partial charge is 0.349 e. The van der Waals surface area contributed by atoms with Gasteiger partial charge in [0, 0.05) is 41.1 Å². The molecule has 3 heterocycles. The number of H-pyrrole nitrogens is 1. The van der Waals surface area contributed by atoms with Crippen LogP contribution in [0.3, 0.4) is 0 Å². The van der Waals surface area contributed by atoms with E-state index in [-0.39, 0.29) is 17.3 Å². The highest BCUT2D eigenvalue weighted by Crippen LogP contribution is 2.30. The second kappa shape index (κ2) is 6.74. The summed E-state index contributed by atoms with van der Waals surface area (Å²) in [4.78, 5) is 29.9. The summed E-state index contributed by atoms with van der Waals surface area (Å²) >= 11 is 0. The molecule has 0 aliphatic carbocycles. The van der Waals surface area contributed by atoms with Gasteiger partial charge < -0.3 is 14.3 Å². The highest BCUT2D eigenvalue weighted by molar-refractivity contribution is 5.98. The number of carbonyl (C=O) groups is 1. The molecule has 1 aliphatic rings. The second-order valence-corrected chi connectivity index (χ2v) is 7.11. The molecule has 2 aromatic carbocycles. The number of aromatic nitrogens is 1. The van der Waals surface area contributed by atoms with Crippen molar-refractivity contribution in [3.8, 4) is 0 Å². The Morgan fingerprint density at radius 2 is 2.00 bits per heavy atom. The van der Waals surface area contributed by atoms with Crippen LogP contribution in [0.1, 0.15) is 22.3 Å². The highest BCUT2D eigenvalue weighted by Gasteiger charge is 2.23. The molecule has 0 unspecified atom stereocenters. The van der Waals surface area contributed by atoms with Crippen molar-refractivity contribution in [2.24, 2.45) is 0 Å². The maximum atomic E-state index is 13.4. The van der Waals surface area contributed by atoms with Crippen molar-refractivity contribution >= 4 is 33.4 Å². The summed E-state index contributed by atoms with van der Waals surface area (Å²) in [6, 6.07) is 13.4. The first-order chi connectivity index (χ1) is 14.1. The molecule has 29 heavy (non-hydrogen) atoms. The minimum Gasteiger partial charge on any atom is -0.422 e. The van der Waals surface area contributed by atoms with Crippen molar-refractivity contribution in [2.45, 2.75) is 6.42 Å². The third-order valence-electron chi connectivity index (χ3n) is 5.36. The van der Waals surface area contributed by atoms with Gasteiger partial charge in [-0.15, -0.1) is 0 Å². The Labute approximate surface area is 165 Å². The fraction of sp³-hybridized carbons (Fsp3) is 0.130. The molecule has 0 fully saturated rings. The molecule has 6 heteroatoms. The Balaban J connectivity index is 1.42. The summed E-state index contributed by atoms with van der Waals surface area (Å²) in [5.41, 5.74) is 2.74. The van der Waals surface area contributed by atoms with E-state index in [1.165, 1.54) is 12.1 Å². The van der Waals surface area contributed by atoms with Crippen molar-refractivity contribution in [2.75, 3.05) is 13.1 Å². The number of fused-ring (bicyclic) bond motifs is 2. The Morgan fingerprint density at radius 3 is 2.83 bits per heavy atom. The minimum absolute atomic E-state index is 0.0446. The van der Waals surface area contributed by atoms with Crippen molar-refractivity contribution < 1.29 is 13.6 Å². The van der Waals surface area contributed by atoms with Crippen LogP contribution in [0.15, 0.2) is 70.0 Å². The molecule has 4 aromatic rings. The average Bonchev–Trinajstić information content (AvgIpc) is 3.16. The number of halogens is 1. The molecule has 0 saturated heterocycles. The van der Waals surface area contributed by atoms with Gasteiger partial charge >= 0.3 is 5.63 Å². The van der Waals surface area contributed by atoms with Crippen molar-refractivity contribution in [1.82, 2.24) is 9.88 Å². The maximum absolute atomic E-state index is 13.4. The quantitative estimate of drug-likeness (QED) is 0.520. The molecule has 1 N–H and O–H groups in total. The topological polar surface area (TPSA) is 66.3 Å². The molecule has 5 rings (SSSR count). The van der Waals surface area contributed by atoms with E-state index in [1.807, 2.05) is 24.4 Å². The molecule has 1 aliphatic heterocycles. The van der Waals surface area contributed by atoms with E-state index < -0.39 is 5.63 Å². The number of hydrogen-bond donors (Lipinski definition) is 1. The number of amides is 1. The highest BCUT2D eigenvalue weighted by atomic mass is 19.1. The van der Waals surface area contributed by atoms with Gasteiger partial charge in [0.25, 0.3) is 5.91 Å². The van der Waals surface area contributed by atoms with Crippen LogP contribution in [0.25, 0.3) is 27.4 Å². The van der Waals surface area contributed by atoms with Gasteiger partial charge in [-0.3, -0.25) is 4.79 Å². The van der Waals surface area contributed by atoms with Crippen molar-refractivity contribution in [1.29, 1.82) is 0 Å². The normalized spacial score (nSPS) is 14.4. The third-order valence-corrected chi connectivity index (χ3v) is 5.36. The molecule has 0 saturated carbocycles. The number of nitrogens with zero attached hydrogens (tertiary/aromatic N) is 1. The fourth-order valence-electron chi connectivity index (χ4n) is 3.84. The number of nitrogens with one attached hydrogen (secondary N) is 1. The maximum Gasteiger partial charge on any atom is 0.349 e. The minimum atomic E-state index is -0.623. The zero-order valence-corrected chi connectivity index (χ0v) is 15.4. The summed E-state index contributed by atoms with van der Waals surface area (Å²) < 4.78 is 18.7. The number of hydrogen-bond acceptors (Lipinski definition) is 3. The largest absolute Gasteiger partial charge is 0.422 e. The summed E-state index contributed by atoms with van der Waals surface area (Å²) in [7, 11) is 0. The van der Waals surface area contributed by atoms with Gasteiger partial charge in [-0.25, -0.2) is 9.18 Å². The first-order valence-corrected chi connectivity index (χ1v) is 9.38. The third kappa shape index (κ3) is 3.02. The average molecular weight is 388 g/mol. The summed E-state index contributed by atoms with van der Waals surface area (Å²) in [5, 5.41) is 1.67. The van der Waals surface area contributed by atoms with Gasteiger partial charge in [0.2, 0.25) is 0 Å². The Bertz CT molecular complexity index is 1350. The van der Waals surface area contributed by atoms with Crippen molar-refractivity contribution in [3.05, 3.63) is 88.2 Å². The van der Waals surface area contributed by atoms with Crippen LogP contribution in [0, 0.1) is 5.82 Å². The standard InChI is InChI=1S/C23H17FN2O3/c24-16-5-6-17-19(13-25-20(17)12-16)14-7-9-26(10-8-14)22(27)18-11-15-3-1-2-4-21(15)29-23(18)28/h1-7,11-13,25H,8-10H2. The van der Waals surface area contributed by atoms with Gasteiger partial charge in [0.1, 0.15) is 17.0 Å². The first-order valence-electron chi connectivity index (χ1n) is 9.38. The molecule has 5 nitrogen and oxygen atoms in total. The van der Waals surface area contributed by atoms with Crippen LogP contribution in [0.2, 0.25) is 0 Å². The molecule has 0 bridgehead atoms. The van der Waals surface area contributed by atoms with E-state index in [1.54, 1.807) is 29.2 Å².